The molecular weight excluding hydrogens is 506 g/mol. The maximum atomic E-state index is 13.1. The van der Waals surface area contributed by atoms with Crippen molar-refractivity contribution < 1.29 is 19.1 Å². The van der Waals surface area contributed by atoms with Crippen molar-refractivity contribution in [1.82, 2.24) is 14.8 Å². The summed E-state index contributed by atoms with van der Waals surface area (Å²) < 4.78 is 13.0. The molecular formula is C31H29N5O4. The molecule has 2 aromatic carbocycles. The first-order valence-electron chi connectivity index (χ1n) is 13.0. The number of hydrogen-bond acceptors (Lipinski definition) is 7. The standard InChI is InChI=1S/C31H29N5O4/c1-20-7-8-24(35-30(38)21-5-4-6-23(13-21)31(2,3)19-32)14-27(20)36-17-22(15-34-36)26-16-33-12-11-28(26)39-18-25-9-10-29(37)40-25/h4-8,11-17,25H,9-10,18H2,1-3H3,(H,35,38)/t25-/m0/s1. The highest BCUT2D eigenvalue weighted by molar-refractivity contribution is 6.04. The van der Waals surface area contributed by atoms with Crippen LogP contribution >= 0.6 is 0 Å². The Morgan fingerprint density at radius 1 is 1.23 bits per heavy atom. The Kier molecular flexibility index (Phi) is 7.34. The topological polar surface area (TPSA) is 119 Å². The van der Waals surface area contributed by atoms with Crippen LogP contribution in [0.4, 0.5) is 5.69 Å². The number of carbonyl (C=O) groups excluding carboxylic acids is 2. The van der Waals surface area contributed by atoms with Crippen molar-refractivity contribution in [3.63, 3.8) is 0 Å². The zero-order valence-electron chi connectivity index (χ0n) is 22.5. The molecule has 9 heteroatoms. The van der Waals surface area contributed by atoms with Gasteiger partial charge < -0.3 is 14.8 Å². The lowest BCUT2D eigenvalue weighted by Crippen LogP contribution is -2.17. The Hall–Kier alpha value is -4.97. The fourth-order valence-electron chi connectivity index (χ4n) is 4.45. The molecule has 40 heavy (non-hydrogen) atoms. The van der Waals surface area contributed by atoms with Gasteiger partial charge in [-0.3, -0.25) is 14.6 Å². The molecule has 0 unspecified atom stereocenters. The molecule has 1 aliphatic rings. The van der Waals surface area contributed by atoms with Crippen molar-refractivity contribution in [1.29, 1.82) is 5.26 Å². The molecule has 0 bridgehead atoms. The van der Waals surface area contributed by atoms with E-state index in [0.717, 1.165) is 27.9 Å². The molecule has 4 aromatic rings. The van der Waals surface area contributed by atoms with E-state index in [0.29, 0.717) is 29.8 Å². The minimum Gasteiger partial charge on any atom is -0.489 e. The molecule has 1 fully saturated rings. The summed E-state index contributed by atoms with van der Waals surface area (Å²) >= 11 is 0. The molecule has 5 rings (SSSR count). The Balaban J connectivity index is 1.35. The quantitative estimate of drug-likeness (QED) is 0.301. The van der Waals surface area contributed by atoms with Crippen LogP contribution in [0.1, 0.15) is 48.2 Å². The normalized spacial score (nSPS) is 14.8. The average Bonchev–Trinajstić information content (AvgIpc) is 3.62. The van der Waals surface area contributed by atoms with Gasteiger partial charge in [0.05, 0.1) is 23.4 Å². The maximum Gasteiger partial charge on any atom is 0.306 e. The van der Waals surface area contributed by atoms with Crippen molar-refractivity contribution in [2.24, 2.45) is 0 Å². The smallest absolute Gasteiger partial charge is 0.306 e. The van der Waals surface area contributed by atoms with Gasteiger partial charge in [0.1, 0.15) is 18.5 Å². The van der Waals surface area contributed by atoms with Crippen LogP contribution in [-0.2, 0) is 14.9 Å². The molecule has 1 aliphatic heterocycles. The molecule has 9 nitrogen and oxygen atoms in total. The van der Waals surface area contributed by atoms with Crippen molar-refractivity contribution in [2.75, 3.05) is 11.9 Å². The van der Waals surface area contributed by atoms with Crippen LogP contribution in [0.15, 0.2) is 73.3 Å². The predicted octanol–water partition coefficient (Wildman–Crippen LogP) is 5.38. The number of esters is 1. The summed E-state index contributed by atoms with van der Waals surface area (Å²) in [5.41, 5.74) is 4.50. The molecule has 0 saturated carbocycles. The number of nitrogens with zero attached hydrogens (tertiary/aromatic N) is 4. The van der Waals surface area contributed by atoms with Gasteiger partial charge in [0.15, 0.2) is 0 Å². The van der Waals surface area contributed by atoms with Crippen LogP contribution in [0, 0.1) is 18.3 Å². The largest absolute Gasteiger partial charge is 0.489 e. The summed E-state index contributed by atoms with van der Waals surface area (Å²) in [4.78, 5) is 28.7. The number of anilines is 1. The number of pyridine rings is 1. The minimum atomic E-state index is -0.701. The lowest BCUT2D eigenvalue weighted by Gasteiger charge is -2.16. The highest BCUT2D eigenvalue weighted by Gasteiger charge is 2.24. The minimum absolute atomic E-state index is 0.199. The molecule has 1 N–H and O–H groups in total. The van der Waals surface area contributed by atoms with E-state index in [1.54, 1.807) is 47.5 Å². The average molecular weight is 536 g/mol. The van der Waals surface area contributed by atoms with E-state index in [9.17, 15) is 14.9 Å². The van der Waals surface area contributed by atoms with E-state index in [-0.39, 0.29) is 24.6 Å². The van der Waals surface area contributed by atoms with Gasteiger partial charge in [-0.15, -0.1) is 0 Å². The van der Waals surface area contributed by atoms with Gasteiger partial charge in [-0.05, 0) is 68.7 Å². The fraction of sp³-hybridized carbons (Fsp3) is 0.258. The molecule has 0 spiro atoms. The second-order valence-corrected chi connectivity index (χ2v) is 10.3. The number of aromatic nitrogens is 3. The number of carbonyl (C=O) groups is 2. The highest BCUT2D eigenvalue weighted by atomic mass is 16.6. The monoisotopic (exact) mass is 535 g/mol. The molecule has 1 atom stereocenters. The fourth-order valence-corrected chi connectivity index (χ4v) is 4.45. The van der Waals surface area contributed by atoms with Crippen LogP contribution in [0.5, 0.6) is 5.75 Å². The summed E-state index contributed by atoms with van der Waals surface area (Å²) in [7, 11) is 0. The summed E-state index contributed by atoms with van der Waals surface area (Å²) in [6, 6.07) is 16.8. The number of nitrogens with one attached hydrogen (secondary N) is 1. The van der Waals surface area contributed by atoms with Crippen molar-refractivity contribution in [3.8, 4) is 28.6 Å². The Morgan fingerprint density at radius 3 is 2.85 bits per heavy atom. The Bertz CT molecular complexity index is 1620. The zero-order valence-corrected chi connectivity index (χ0v) is 22.5. The number of aryl methyl sites for hydroxylation is 1. The third kappa shape index (κ3) is 5.71. The van der Waals surface area contributed by atoms with Gasteiger partial charge >= 0.3 is 5.97 Å². The number of amides is 1. The molecule has 0 radical (unpaired) electrons. The van der Waals surface area contributed by atoms with Crippen LogP contribution in [0.25, 0.3) is 16.8 Å². The van der Waals surface area contributed by atoms with Crippen molar-refractivity contribution in [3.05, 3.63) is 90.0 Å². The number of rotatable bonds is 8. The first-order chi connectivity index (χ1) is 19.2. The SMILES string of the molecule is Cc1ccc(NC(=O)c2cccc(C(C)(C)C#N)c2)cc1-n1cc(-c2cnccc2OC[C@@H]2CCC(=O)O2)cn1. The second kappa shape index (κ2) is 11.0. The molecule has 1 amide bonds. The predicted molar refractivity (Wildman–Crippen MR) is 149 cm³/mol. The van der Waals surface area contributed by atoms with E-state index in [1.807, 2.05) is 51.2 Å². The van der Waals surface area contributed by atoms with Crippen LogP contribution in [0.3, 0.4) is 0 Å². The molecule has 3 heterocycles. The third-order valence-electron chi connectivity index (χ3n) is 6.91. The molecule has 1 saturated heterocycles. The van der Waals surface area contributed by atoms with Crippen molar-refractivity contribution in [2.45, 2.75) is 45.1 Å². The molecule has 202 valence electrons. The zero-order chi connectivity index (χ0) is 28.3. The summed E-state index contributed by atoms with van der Waals surface area (Å²) in [5.74, 6) is 0.156. The van der Waals surface area contributed by atoms with Crippen LogP contribution in [-0.4, -0.2) is 39.4 Å². The first kappa shape index (κ1) is 26.6. The van der Waals surface area contributed by atoms with Crippen LogP contribution in [0.2, 0.25) is 0 Å². The van der Waals surface area contributed by atoms with Gasteiger partial charge in [-0.1, -0.05) is 18.2 Å². The van der Waals surface area contributed by atoms with E-state index >= 15 is 0 Å². The Morgan fingerprint density at radius 2 is 2.08 bits per heavy atom. The number of hydrogen-bond donors (Lipinski definition) is 1. The number of nitriles is 1. The van der Waals surface area contributed by atoms with Gasteiger partial charge in [-0.2, -0.15) is 10.4 Å². The molecule has 0 aliphatic carbocycles. The highest BCUT2D eigenvalue weighted by Crippen LogP contribution is 2.31. The second-order valence-electron chi connectivity index (χ2n) is 10.3. The van der Waals surface area contributed by atoms with Gasteiger partial charge in [0, 0.05) is 47.4 Å². The summed E-state index contributed by atoms with van der Waals surface area (Å²) in [6.45, 7) is 5.88. The third-order valence-corrected chi connectivity index (χ3v) is 6.91. The first-order valence-corrected chi connectivity index (χ1v) is 13.0. The van der Waals surface area contributed by atoms with E-state index in [2.05, 4.69) is 21.5 Å². The number of benzene rings is 2. The van der Waals surface area contributed by atoms with Gasteiger partial charge in [-0.25, -0.2) is 4.68 Å². The number of ether oxygens (including phenoxy) is 2. The molecule has 2 aromatic heterocycles. The lowest BCUT2D eigenvalue weighted by molar-refractivity contribution is -0.142. The summed E-state index contributed by atoms with van der Waals surface area (Å²) in [6.07, 6.45) is 7.77. The Labute approximate surface area is 232 Å². The van der Waals surface area contributed by atoms with Crippen LogP contribution < -0.4 is 10.1 Å². The van der Waals surface area contributed by atoms with Gasteiger partial charge in [0.2, 0.25) is 0 Å². The van der Waals surface area contributed by atoms with E-state index in [1.165, 1.54) is 0 Å². The summed E-state index contributed by atoms with van der Waals surface area (Å²) in [5, 5.41) is 17.0. The van der Waals surface area contributed by atoms with Crippen molar-refractivity contribution >= 4 is 17.6 Å². The number of cyclic esters (lactones) is 1. The van der Waals surface area contributed by atoms with E-state index in [4.69, 9.17) is 9.47 Å². The maximum absolute atomic E-state index is 13.1. The lowest BCUT2D eigenvalue weighted by atomic mass is 9.85. The van der Waals surface area contributed by atoms with Gasteiger partial charge in [0.25, 0.3) is 5.91 Å². The van der Waals surface area contributed by atoms with E-state index < -0.39 is 5.41 Å².